The molecule has 126 valence electrons. The molecule has 0 amide bonds. The number of nitrogens with one attached hydrogen (secondary N) is 1. The Balaban J connectivity index is 2.00. The van der Waals surface area contributed by atoms with Gasteiger partial charge in [-0.15, -0.1) is 0 Å². The number of hydrogen-bond donors (Lipinski definition) is 2. The third kappa shape index (κ3) is 4.81. The Morgan fingerprint density at radius 1 is 1.42 bits per heavy atom. The summed E-state index contributed by atoms with van der Waals surface area (Å²) in [5.41, 5.74) is 6.30. The Morgan fingerprint density at radius 3 is 2.67 bits per heavy atom. The van der Waals surface area contributed by atoms with Gasteiger partial charge in [0.25, 0.3) is 0 Å². The lowest BCUT2D eigenvalue weighted by Gasteiger charge is -2.23. The van der Waals surface area contributed by atoms with E-state index < -0.39 is 5.54 Å². The highest BCUT2D eigenvalue weighted by molar-refractivity contribution is 14.1. The third-order valence-corrected chi connectivity index (χ3v) is 4.36. The van der Waals surface area contributed by atoms with Crippen LogP contribution in [0.4, 0.5) is 10.2 Å². The molecule has 7 heteroatoms. The van der Waals surface area contributed by atoms with Crippen molar-refractivity contribution in [3.05, 3.63) is 57.0 Å². The zero-order valence-electron chi connectivity index (χ0n) is 13.1. The zero-order valence-corrected chi connectivity index (χ0v) is 15.2. The van der Waals surface area contributed by atoms with Crippen molar-refractivity contribution >= 4 is 40.5 Å². The van der Waals surface area contributed by atoms with E-state index in [-0.39, 0.29) is 18.1 Å². The highest BCUT2D eigenvalue weighted by Crippen LogP contribution is 2.17. The number of benzene rings is 1. The number of halogens is 2. The maximum Gasteiger partial charge on any atom is 0.171 e. The maximum absolute atomic E-state index is 12.9. The van der Waals surface area contributed by atoms with E-state index >= 15 is 0 Å². The molecule has 1 aromatic carbocycles. The van der Waals surface area contributed by atoms with Crippen LogP contribution in [-0.4, -0.2) is 29.1 Å². The first-order chi connectivity index (χ1) is 11.3. The van der Waals surface area contributed by atoms with Gasteiger partial charge in [-0.3, -0.25) is 9.59 Å². The van der Waals surface area contributed by atoms with E-state index in [1.165, 1.54) is 18.3 Å². The molecule has 0 bridgehead atoms. The van der Waals surface area contributed by atoms with Crippen LogP contribution in [0.1, 0.15) is 22.8 Å². The van der Waals surface area contributed by atoms with Crippen molar-refractivity contribution in [3.8, 4) is 0 Å². The number of rotatable bonds is 7. The van der Waals surface area contributed by atoms with E-state index in [0.717, 1.165) is 9.13 Å². The standard InChI is InChI=1S/C17H17FIN3O2/c1-17(20,7-11-2-4-13(18)5-3-11)15(24)9-22-16-14(19)6-12(10-23)8-21-16/h2-6,8,10H,7,9,20H2,1H3,(H,21,22). The van der Waals surface area contributed by atoms with Crippen LogP contribution in [0, 0.1) is 9.39 Å². The number of ketones is 1. The van der Waals surface area contributed by atoms with Crippen LogP contribution >= 0.6 is 22.6 Å². The summed E-state index contributed by atoms with van der Waals surface area (Å²) in [6, 6.07) is 7.59. The molecule has 0 saturated carbocycles. The molecule has 1 unspecified atom stereocenters. The van der Waals surface area contributed by atoms with Crippen molar-refractivity contribution < 1.29 is 14.0 Å². The van der Waals surface area contributed by atoms with Crippen molar-refractivity contribution in [2.45, 2.75) is 18.9 Å². The number of nitrogens with two attached hydrogens (primary N) is 1. The monoisotopic (exact) mass is 441 g/mol. The lowest BCUT2D eigenvalue weighted by Crippen LogP contribution is -2.49. The molecule has 1 atom stereocenters. The van der Waals surface area contributed by atoms with Gasteiger partial charge in [0.15, 0.2) is 12.1 Å². The van der Waals surface area contributed by atoms with Crippen LogP contribution in [0.25, 0.3) is 0 Å². The predicted molar refractivity (Wildman–Crippen MR) is 98.5 cm³/mol. The number of anilines is 1. The first kappa shape index (κ1) is 18.5. The zero-order chi connectivity index (χ0) is 17.7. The molecule has 0 saturated heterocycles. The van der Waals surface area contributed by atoms with Gasteiger partial charge in [-0.25, -0.2) is 9.37 Å². The smallest absolute Gasteiger partial charge is 0.171 e. The summed E-state index contributed by atoms with van der Waals surface area (Å²) in [6.45, 7) is 1.66. The van der Waals surface area contributed by atoms with Gasteiger partial charge in [-0.1, -0.05) is 12.1 Å². The number of nitrogens with zero attached hydrogens (tertiary/aromatic N) is 1. The molecule has 5 nitrogen and oxygen atoms in total. The summed E-state index contributed by atoms with van der Waals surface area (Å²) in [5.74, 6) is 0.000842. The topological polar surface area (TPSA) is 85.1 Å². The van der Waals surface area contributed by atoms with E-state index in [1.807, 2.05) is 22.6 Å². The Bertz CT molecular complexity index is 748. The van der Waals surface area contributed by atoms with Crippen LogP contribution < -0.4 is 11.1 Å². The first-order valence-electron chi connectivity index (χ1n) is 7.23. The molecule has 3 N–H and O–H groups in total. The molecule has 0 aliphatic carbocycles. The van der Waals surface area contributed by atoms with Crippen LogP contribution in [0.5, 0.6) is 0 Å². The molecule has 0 fully saturated rings. The van der Waals surface area contributed by atoms with E-state index in [4.69, 9.17) is 5.73 Å². The van der Waals surface area contributed by atoms with Gasteiger partial charge in [0.2, 0.25) is 0 Å². The molecule has 2 aromatic rings. The van der Waals surface area contributed by atoms with Crippen molar-refractivity contribution in [1.82, 2.24) is 4.98 Å². The number of pyridine rings is 1. The number of hydrogen-bond acceptors (Lipinski definition) is 5. The number of Topliss-reactive ketones (excluding diaryl/α,β-unsaturated/α-hetero) is 1. The molecule has 0 spiro atoms. The second kappa shape index (κ2) is 7.80. The van der Waals surface area contributed by atoms with Crippen LogP contribution in [0.3, 0.4) is 0 Å². The summed E-state index contributed by atoms with van der Waals surface area (Å²) in [5, 5.41) is 2.94. The van der Waals surface area contributed by atoms with Gasteiger partial charge >= 0.3 is 0 Å². The minimum atomic E-state index is -1.08. The van der Waals surface area contributed by atoms with Crippen LogP contribution in [0.2, 0.25) is 0 Å². The van der Waals surface area contributed by atoms with Crippen LogP contribution in [-0.2, 0) is 11.2 Å². The molecule has 24 heavy (non-hydrogen) atoms. The summed E-state index contributed by atoms with van der Waals surface area (Å²) < 4.78 is 13.7. The fourth-order valence-corrected chi connectivity index (χ4v) is 2.83. The maximum atomic E-state index is 12.9. The molecule has 0 aliphatic heterocycles. The van der Waals surface area contributed by atoms with Crippen LogP contribution in [0.15, 0.2) is 36.5 Å². The third-order valence-electron chi connectivity index (χ3n) is 3.54. The minimum absolute atomic E-state index is 0.0115. The quantitative estimate of drug-likeness (QED) is 0.510. The van der Waals surface area contributed by atoms with Gasteiger partial charge in [-0.05, 0) is 59.7 Å². The predicted octanol–water partition coefficient (Wildman–Crippen LogP) is 2.58. The van der Waals surface area contributed by atoms with E-state index in [2.05, 4.69) is 10.3 Å². The number of aromatic nitrogens is 1. The number of carbonyl (C=O) groups is 2. The largest absolute Gasteiger partial charge is 0.362 e. The summed E-state index contributed by atoms with van der Waals surface area (Å²) in [6.07, 6.45) is 2.45. The summed E-state index contributed by atoms with van der Waals surface area (Å²) in [4.78, 5) is 27.2. The average Bonchev–Trinajstić information content (AvgIpc) is 2.55. The molecule has 0 radical (unpaired) electrons. The summed E-state index contributed by atoms with van der Waals surface area (Å²) >= 11 is 2.04. The van der Waals surface area contributed by atoms with Crippen molar-refractivity contribution in [2.75, 3.05) is 11.9 Å². The Kier molecular flexibility index (Phi) is 6.00. The molecular weight excluding hydrogens is 424 g/mol. The van der Waals surface area contributed by atoms with Crippen molar-refractivity contribution in [3.63, 3.8) is 0 Å². The van der Waals surface area contributed by atoms with Gasteiger partial charge < -0.3 is 11.1 Å². The molecular formula is C17H17FIN3O2. The fraction of sp³-hybridized carbons (Fsp3) is 0.235. The molecule has 0 aliphatic rings. The highest BCUT2D eigenvalue weighted by atomic mass is 127. The number of carbonyl (C=O) groups excluding carboxylic acids is 2. The fourth-order valence-electron chi connectivity index (χ4n) is 2.14. The first-order valence-corrected chi connectivity index (χ1v) is 8.31. The normalized spacial score (nSPS) is 13.2. The van der Waals surface area contributed by atoms with E-state index in [9.17, 15) is 14.0 Å². The van der Waals surface area contributed by atoms with Gasteiger partial charge in [-0.2, -0.15) is 0 Å². The SMILES string of the molecule is CC(N)(Cc1ccc(F)cc1)C(=O)CNc1ncc(C=O)cc1I. The second-order valence-corrected chi connectivity index (χ2v) is 6.88. The Hall–Kier alpha value is -1.87. The molecule has 2 rings (SSSR count). The second-order valence-electron chi connectivity index (χ2n) is 5.71. The van der Waals surface area contributed by atoms with E-state index in [0.29, 0.717) is 24.1 Å². The van der Waals surface area contributed by atoms with Crippen molar-refractivity contribution in [1.29, 1.82) is 0 Å². The minimum Gasteiger partial charge on any atom is -0.362 e. The molecule has 1 heterocycles. The van der Waals surface area contributed by atoms with Gasteiger partial charge in [0.1, 0.15) is 11.6 Å². The van der Waals surface area contributed by atoms with Gasteiger partial charge in [0, 0.05) is 11.8 Å². The number of aldehydes is 1. The van der Waals surface area contributed by atoms with Crippen molar-refractivity contribution in [2.24, 2.45) is 5.73 Å². The summed E-state index contributed by atoms with van der Waals surface area (Å²) in [7, 11) is 0. The van der Waals surface area contributed by atoms with E-state index in [1.54, 1.807) is 25.1 Å². The highest BCUT2D eigenvalue weighted by Gasteiger charge is 2.28. The lowest BCUT2D eigenvalue weighted by atomic mass is 9.89. The average molecular weight is 441 g/mol. The Morgan fingerprint density at radius 2 is 2.08 bits per heavy atom. The lowest BCUT2D eigenvalue weighted by molar-refractivity contribution is -0.121. The van der Waals surface area contributed by atoms with Gasteiger partial charge in [0.05, 0.1) is 15.7 Å². The Labute approximate surface area is 153 Å². The molecule has 1 aromatic heterocycles.